The van der Waals surface area contributed by atoms with Gasteiger partial charge in [-0.2, -0.15) is 0 Å². The average Bonchev–Trinajstić information content (AvgIpc) is 2.38. The van der Waals surface area contributed by atoms with Gasteiger partial charge in [0.2, 0.25) is 0 Å². The second kappa shape index (κ2) is 5.33. The summed E-state index contributed by atoms with van der Waals surface area (Å²) in [5, 5.41) is 10.5. The molecule has 1 atom stereocenters. The molecule has 0 heterocycles. The zero-order valence-electron chi connectivity index (χ0n) is 11.5. The Labute approximate surface area is 113 Å². The third kappa shape index (κ3) is 2.71. The van der Waals surface area contributed by atoms with E-state index in [-0.39, 0.29) is 0 Å². The van der Waals surface area contributed by atoms with Gasteiger partial charge in [-0.1, -0.05) is 29.8 Å². The van der Waals surface area contributed by atoms with Crippen LogP contribution in [0.15, 0.2) is 36.4 Å². The second-order valence-electron chi connectivity index (χ2n) is 4.76. The number of aliphatic hydroxyl groups excluding tert-OH is 1. The highest BCUT2D eigenvalue weighted by atomic mass is 16.5. The molecule has 0 unspecified atom stereocenters. The summed E-state index contributed by atoms with van der Waals surface area (Å²) in [5.74, 6) is 0.622. The van der Waals surface area contributed by atoms with Gasteiger partial charge in [0.1, 0.15) is 11.9 Å². The Morgan fingerprint density at radius 2 is 1.84 bits per heavy atom. The van der Waals surface area contributed by atoms with Crippen LogP contribution < -0.4 is 10.5 Å². The van der Waals surface area contributed by atoms with E-state index in [1.54, 1.807) is 19.2 Å². The summed E-state index contributed by atoms with van der Waals surface area (Å²) in [4.78, 5) is 0. The zero-order valence-corrected chi connectivity index (χ0v) is 11.5. The van der Waals surface area contributed by atoms with Gasteiger partial charge in [0.15, 0.2) is 0 Å². The molecule has 100 valence electrons. The SMILES string of the molecule is COc1ccc([C@@H](O)c2ccc(C)cc2C)cc1N. The number of hydrogen-bond acceptors (Lipinski definition) is 3. The Bertz CT molecular complexity index is 593. The maximum Gasteiger partial charge on any atom is 0.141 e. The lowest BCUT2D eigenvalue weighted by Crippen LogP contribution is -2.03. The molecule has 0 aromatic heterocycles. The molecule has 2 rings (SSSR count). The maximum atomic E-state index is 10.5. The molecular weight excluding hydrogens is 238 g/mol. The Morgan fingerprint density at radius 3 is 2.42 bits per heavy atom. The number of methoxy groups -OCH3 is 1. The number of ether oxygens (including phenoxy) is 1. The van der Waals surface area contributed by atoms with Crippen LogP contribution in [-0.2, 0) is 0 Å². The second-order valence-corrected chi connectivity index (χ2v) is 4.76. The third-order valence-electron chi connectivity index (χ3n) is 3.29. The van der Waals surface area contributed by atoms with Gasteiger partial charge in [-0.05, 0) is 42.7 Å². The van der Waals surface area contributed by atoms with E-state index < -0.39 is 6.10 Å². The smallest absolute Gasteiger partial charge is 0.141 e. The highest BCUT2D eigenvalue weighted by Crippen LogP contribution is 2.30. The van der Waals surface area contributed by atoms with E-state index in [1.807, 2.05) is 32.0 Å². The lowest BCUT2D eigenvalue weighted by atomic mass is 9.96. The number of nitrogen functional groups attached to an aromatic ring is 1. The quantitative estimate of drug-likeness (QED) is 0.831. The summed E-state index contributed by atoms with van der Waals surface area (Å²) in [7, 11) is 1.58. The van der Waals surface area contributed by atoms with E-state index in [0.717, 1.165) is 16.7 Å². The Hall–Kier alpha value is -2.00. The van der Waals surface area contributed by atoms with Crippen LogP contribution >= 0.6 is 0 Å². The van der Waals surface area contributed by atoms with Crippen molar-refractivity contribution in [1.29, 1.82) is 0 Å². The molecule has 0 spiro atoms. The van der Waals surface area contributed by atoms with E-state index in [2.05, 4.69) is 6.07 Å². The zero-order chi connectivity index (χ0) is 14.0. The topological polar surface area (TPSA) is 55.5 Å². The minimum absolute atomic E-state index is 0.531. The first-order valence-electron chi connectivity index (χ1n) is 6.21. The van der Waals surface area contributed by atoms with Gasteiger partial charge < -0.3 is 15.6 Å². The fraction of sp³-hybridized carbons (Fsp3) is 0.250. The van der Waals surface area contributed by atoms with E-state index in [0.29, 0.717) is 11.4 Å². The molecular formula is C16H19NO2. The van der Waals surface area contributed by atoms with Gasteiger partial charge in [-0.15, -0.1) is 0 Å². The fourth-order valence-electron chi connectivity index (χ4n) is 2.23. The van der Waals surface area contributed by atoms with Crippen LogP contribution in [0.3, 0.4) is 0 Å². The molecule has 2 aromatic rings. The van der Waals surface area contributed by atoms with Gasteiger partial charge in [0.25, 0.3) is 0 Å². The summed E-state index contributed by atoms with van der Waals surface area (Å²) >= 11 is 0. The lowest BCUT2D eigenvalue weighted by Gasteiger charge is -2.16. The maximum absolute atomic E-state index is 10.5. The Balaban J connectivity index is 2.38. The normalized spacial score (nSPS) is 12.2. The third-order valence-corrected chi connectivity index (χ3v) is 3.29. The molecule has 0 aliphatic carbocycles. The van der Waals surface area contributed by atoms with Crippen LogP contribution in [0, 0.1) is 13.8 Å². The van der Waals surface area contributed by atoms with Crippen molar-refractivity contribution in [2.75, 3.05) is 12.8 Å². The Morgan fingerprint density at radius 1 is 1.11 bits per heavy atom. The van der Waals surface area contributed by atoms with Gasteiger partial charge >= 0.3 is 0 Å². The van der Waals surface area contributed by atoms with E-state index in [1.165, 1.54) is 5.56 Å². The van der Waals surface area contributed by atoms with Crippen molar-refractivity contribution in [3.8, 4) is 5.75 Å². The van der Waals surface area contributed by atoms with Crippen molar-refractivity contribution in [3.05, 3.63) is 58.7 Å². The first-order valence-corrected chi connectivity index (χ1v) is 6.21. The molecule has 3 N–H and O–H groups in total. The molecule has 0 aliphatic heterocycles. The number of rotatable bonds is 3. The van der Waals surface area contributed by atoms with Crippen molar-refractivity contribution >= 4 is 5.69 Å². The number of benzene rings is 2. The fourth-order valence-corrected chi connectivity index (χ4v) is 2.23. The van der Waals surface area contributed by atoms with E-state index >= 15 is 0 Å². The lowest BCUT2D eigenvalue weighted by molar-refractivity contribution is 0.219. The molecule has 0 radical (unpaired) electrons. The standard InChI is InChI=1S/C16H19NO2/c1-10-4-6-13(11(2)8-10)16(18)12-5-7-15(19-3)14(17)9-12/h4-9,16,18H,17H2,1-3H3/t16-/m1/s1. The van der Waals surface area contributed by atoms with E-state index in [4.69, 9.17) is 10.5 Å². The number of aryl methyl sites for hydroxylation is 2. The van der Waals surface area contributed by atoms with Crippen molar-refractivity contribution in [3.63, 3.8) is 0 Å². The van der Waals surface area contributed by atoms with Crippen LogP contribution in [0.5, 0.6) is 5.75 Å². The largest absolute Gasteiger partial charge is 0.495 e. The Kier molecular flexibility index (Phi) is 3.76. The number of aliphatic hydroxyl groups is 1. The van der Waals surface area contributed by atoms with Crippen LogP contribution in [0.25, 0.3) is 0 Å². The molecule has 0 aliphatic rings. The van der Waals surface area contributed by atoms with Gasteiger partial charge in [0, 0.05) is 0 Å². The van der Waals surface area contributed by atoms with Crippen LogP contribution in [0.4, 0.5) is 5.69 Å². The molecule has 0 saturated heterocycles. The van der Waals surface area contributed by atoms with Crippen LogP contribution in [0.1, 0.15) is 28.4 Å². The molecule has 3 nitrogen and oxygen atoms in total. The predicted octanol–water partition coefficient (Wildman–Crippen LogP) is 2.98. The molecule has 19 heavy (non-hydrogen) atoms. The van der Waals surface area contributed by atoms with Gasteiger partial charge in [-0.25, -0.2) is 0 Å². The van der Waals surface area contributed by atoms with Crippen molar-refractivity contribution in [1.82, 2.24) is 0 Å². The van der Waals surface area contributed by atoms with Crippen LogP contribution in [0.2, 0.25) is 0 Å². The summed E-state index contributed by atoms with van der Waals surface area (Å²) in [6, 6.07) is 11.4. The number of hydrogen-bond donors (Lipinski definition) is 2. The van der Waals surface area contributed by atoms with Gasteiger partial charge in [-0.3, -0.25) is 0 Å². The predicted molar refractivity (Wildman–Crippen MR) is 77.4 cm³/mol. The highest BCUT2D eigenvalue weighted by Gasteiger charge is 2.14. The van der Waals surface area contributed by atoms with E-state index in [9.17, 15) is 5.11 Å². The minimum Gasteiger partial charge on any atom is -0.495 e. The number of anilines is 1. The first-order chi connectivity index (χ1) is 9.02. The molecule has 0 bridgehead atoms. The average molecular weight is 257 g/mol. The first kappa shape index (κ1) is 13.4. The molecule has 0 fully saturated rings. The number of nitrogens with two attached hydrogens (primary N) is 1. The molecule has 3 heteroatoms. The summed E-state index contributed by atoms with van der Waals surface area (Å²) in [6.07, 6.45) is -0.672. The van der Waals surface area contributed by atoms with Crippen molar-refractivity contribution in [2.24, 2.45) is 0 Å². The summed E-state index contributed by atoms with van der Waals surface area (Å²) in [5.41, 5.74) is 10.3. The molecule has 0 saturated carbocycles. The van der Waals surface area contributed by atoms with Crippen molar-refractivity contribution < 1.29 is 9.84 Å². The van der Waals surface area contributed by atoms with Crippen LogP contribution in [-0.4, -0.2) is 12.2 Å². The van der Waals surface area contributed by atoms with Crippen molar-refractivity contribution in [2.45, 2.75) is 20.0 Å². The monoisotopic (exact) mass is 257 g/mol. The molecule has 0 amide bonds. The minimum atomic E-state index is -0.672. The van der Waals surface area contributed by atoms with Gasteiger partial charge in [0.05, 0.1) is 12.8 Å². The summed E-state index contributed by atoms with van der Waals surface area (Å²) in [6.45, 7) is 4.03. The highest BCUT2D eigenvalue weighted by molar-refractivity contribution is 5.55. The molecule has 2 aromatic carbocycles. The summed E-state index contributed by atoms with van der Waals surface area (Å²) < 4.78 is 5.12.